The number of hydrogen-bond acceptors (Lipinski definition) is 3. The maximum atomic E-state index is 5.81. The van der Waals surface area contributed by atoms with Crippen molar-refractivity contribution in [2.24, 2.45) is 5.73 Å². The van der Waals surface area contributed by atoms with E-state index in [0.717, 1.165) is 22.6 Å². The average Bonchev–Trinajstić information content (AvgIpc) is 2.46. The first-order valence-corrected chi connectivity index (χ1v) is 6.30. The molecule has 2 aromatic carbocycles. The number of nitrogens with two attached hydrogens (primary N) is 1. The molecule has 2 aromatic rings. The second-order valence-corrected chi connectivity index (χ2v) is 4.50. The van der Waals surface area contributed by atoms with Crippen molar-refractivity contribution in [2.75, 3.05) is 7.11 Å². The number of ether oxygens (including phenoxy) is 2. The largest absolute Gasteiger partial charge is 0.497 e. The summed E-state index contributed by atoms with van der Waals surface area (Å²) in [5.41, 5.74) is 7.99. The summed E-state index contributed by atoms with van der Waals surface area (Å²) in [6.07, 6.45) is 0. The van der Waals surface area contributed by atoms with Crippen LogP contribution in [-0.4, -0.2) is 7.11 Å². The lowest BCUT2D eigenvalue weighted by atomic mass is 10.1. The van der Waals surface area contributed by atoms with E-state index in [-0.39, 0.29) is 6.04 Å². The van der Waals surface area contributed by atoms with Crippen LogP contribution in [0.1, 0.15) is 24.1 Å². The van der Waals surface area contributed by atoms with E-state index < -0.39 is 0 Å². The molecule has 1 unspecified atom stereocenters. The van der Waals surface area contributed by atoms with Gasteiger partial charge in [0, 0.05) is 6.04 Å². The van der Waals surface area contributed by atoms with Crippen LogP contribution in [0.25, 0.3) is 0 Å². The van der Waals surface area contributed by atoms with Gasteiger partial charge in [0.2, 0.25) is 0 Å². The van der Waals surface area contributed by atoms with Crippen LogP contribution in [0, 0.1) is 0 Å². The Labute approximate surface area is 114 Å². The Bertz CT molecular complexity index is 521. The minimum atomic E-state index is 0.0486. The number of methoxy groups -OCH3 is 1. The second kappa shape index (κ2) is 6.25. The molecule has 0 saturated heterocycles. The topological polar surface area (TPSA) is 44.5 Å². The fourth-order valence-electron chi connectivity index (χ4n) is 1.80. The summed E-state index contributed by atoms with van der Waals surface area (Å²) in [7, 11) is 1.66. The molecule has 100 valence electrons. The third kappa shape index (κ3) is 3.73. The normalized spacial score (nSPS) is 11.9. The van der Waals surface area contributed by atoms with E-state index in [9.17, 15) is 0 Å². The molecule has 0 spiro atoms. The molecule has 1 atom stereocenters. The van der Waals surface area contributed by atoms with Crippen LogP contribution < -0.4 is 15.2 Å². The molecule has 0 fully saturated rings. The van der Waals surface area contributed by atoms with Gasteiger partial charge in [-0.3, -0.25) is 0 Å². The number of hydrogen-bond donors (Lipinski definition) is 1. The van der Waals surface area contributed by atoms with E-state index >= 15 is 0 Å². The van der Waals surface area contributed by atoms with Gasteiger partial charge < -0.3 is 15.2 Å². The molecular weight excluding hydrogens is 238 g/mol. The van der Waals surface area contributed by atoms with E-state index in [4.69, 9.17) is 15.2 Å². The lowest BCUT2D eigenvalue weighted by Gasteiger charge is -2.09. The fraction of sp³-hybridized carbons (Fsp3) is 0.250. The van der Waals surface area contributed by atoms with Crippen molar-refractivity contribution in [3.63, 3.8) is 0 Å². The van der Waals surface area contributed by atoms with Gasteiger partial charge in [0.25, 0.3) is 0 Å². The van der Waals surface area contributed by atoms with Crippen LogP contribution in [0.4, 0.5) is 0 Å². The van der Waals surface area contributed by atoms with Crippen molar-refractivity contribution in [3.8, 4) is 11.5 Å². The maximum Gasteiger partial charge on any atom is 0.119 e. The van der Waals surface area contributed by atoms with Crippen molar-refractivity contribution >= 4 is 0 Å². The van der Waals surface area contributed by atoms with E-state index in [1.807, 2.05) is 55.5 Å². The first-order chi connectivity index (χ1) is 9.19. The Balaban J connectivity index is 1.98. The monoisotopic (exact) mass is 257 g/mol. The van der Waals surface area contributed by atoms with E-state index in [2.05, 4.69) is 0 Å². The van der Waals surface area contributed by atoms with Gasteiger partial charge in [-0.05, 0) is 42.3 Å². The lowest BCUT2D eigenvalue weighted by molar-refractivity contribution is 0.305. The average molecular weight is 257 g/mol. The standard InChI is InChI=1S/C16H19NO2/c1-12(17)14-6-8-15(9-7-14)19-11-13-4-3-5-16(10-13)18-2/h3-10,12H,11,17H2,1-2H3. The zero-order valence-electron chi connectivity index (χ0n) is 11.3. The van der Waals surface area contributed by atoms with Gasteiger partial charge in [0.05, 0.1) is 7.11 Å². The Morgan fingerprint density at radius 1 is 1.05 bits per heavy atom. The van der Waals surface area contributed by atoms with Gasteiger partial charge in [-0.1, -0.05) is 24.3 Å². The number of benzene rings is 2. The minimum absolute atomic E-state index is 0.0486. The zero-order valence-corrected chi connectivity index (χ0v) is 11.3. The van der Waals surface area contributed by atoms with Crippen LogP contribution in [0.5, 0.6) is 11.5 Å². The van der Waals surface area contributed by atoms with E-state index in [1.165, 1.54) is 0 Å². The summed E-state index contributed by atoms with van der Waals surface area (Å²) in [6.45, 7) is 2.49. The third-order valence-electron chi connectivity index (χ3n) is 2.95. The van der Waals surface area contributed by atoms with Crippen molar-refractivity contribution in [1.29, 1.82) is 0 Å². The van der Waals surface area contributed by atoms with Gasteiger partial charge in [0.15, 0.2) is 0 Å². The quantitative estimate of drug-likeness (QED) is 0.893. The molecule has 0 heterocycles. The van der Waals surface area contributed by atoms with Gasteiger partial charge in [-0.2, -0.15) is 0 Å². The maximum absolute atomic E-state index is 5.81. The molecule has 0 amide bonds. The predicted octanol–water partition coefficient (Wildman–Crippen LogP) is 3.29. The summed E-state index contributed by atoms with van der Waals surface area (Å²) in [4.78, 5) is 0. The Hall–Kier alpha value is -2.00. The Morgan fingerprint density at radius 2 is 1.79 bits per heavy atom. The van der Waals surface area contributed by atoms with Crippen LogP contribution in [0.15, 0.2) is 48.5 Å². The van der Waals surface area contributed by atoms with Crippen molar-refractivity contribution in [3.05, 3.63) is 59.7 Å². The van der Waals surface area contributed by atoms with Gasteiger partial charge >= 0.3 is 0 Å². The third-order valence-corrected chi connectivity index (χ3v) is 2.95. The van der Waals surface area contributed by atoms with Crippen LogP contribution in [-0.2, 0) is 6.61 Å². The van der Waals surface area contributed by atoms with Crippen molar-refractivity contribution < 1.29 is 9.47 Å². The number of rotatable bonds is 5. The SMILES string of the molecule is COc1cccc(COc2ccc(C(C)N)cc2)c1. The summed E-state index contributed by atoms with van der Waals surface area (Å²) in [5, 5.41) is 0. The molecule has 19 heavy (non-hydrogen) atoms. The summed E-state index contributed by atoms with van der Waals surface area (Å²) < 4.78 is 10.9. The Morgan fingerprint density at radius 3 is 2.42 bits per heavy atom. The molecule has 0 aromatic heterocycles. The summed E-state index contributed by atoms with van der Waals surface area (Å²) in [6, 6.07) is 15.8. The summed E-state index contributed by atoms with van der Waals surface area (Å²) in [5.74, 6) is 1.68. The van der Waals surface area contributed by atoms with Gasteiger partial charge in [-0.25, -0.2) is 0 Å². The van der Waals surface area contributed by atoms with Crippen molar-refractivity contribution in [1.82, 2.24) is 0 Å². The molecular formula is C16H19NO2. The molecule has 0 aliphatic rings. The van der Waals surface area contributed by atoms with Crippen molar-refractivity contribution in [2.45, 2.75) is 19.6 Å². The first-order valence-electron chi connectivity index (χ1n) is 6.30. The van der Waals surface area contributed by atoms with Crippen LogP contribution in [0.2, 0.25) is 0 Å². The highest BCUT2D eigenvalue weighted by atomic mass is 16.5. The first kappa shape index (κ1) is 13.4. The van der Waals surface area contributed by atoms with Gasteiger partial charge in [0.1, 0.15) is 18.1 Å². The highest BCUT2D eigenvalue weighted by Gasteiger charge is 2.01. The molecule has 0 aliphatic carbocycles. The molecule has 2 N–H and O–H groups in total. The molecule has 0 radical (unpaired) electrons. The van der Waals surface area contributed by atoms with Gasteiger partial charge in [-0.15, -0.1) is 0 Å². The van der Waals surface area contributed by atoms with E-state index in [0.29, 0.717) is 6.61 Å². The molecule has 2 rings (SSSR count). The molecule has 3 nitrogen and oxygen atoms in total. The molecule has 3 heteroatoms. The molecule has 0 bridgehead atoms. The predicted molar refractivity (Wildman–Crippen MR) is 76.4 cm³/mol. The smallest absolute Gasteiger partial charge is 0.119 e. The second-order valence-electron chi connectivity index (χ2n) is 4.50. The fourth-order valence-corrected chi connectivity index (χ4v) is 1.80. The zero-order chi connectivity index (χ0) is 13.7. The Kier molecular flexibility index (Phi) is 4.42. The molecule has 0 aliphatic heterocycles. The van der Waals surface area contributed by atoms with E-state index in [1.54, 1.807) is 7.11 Å². The highest BCUT2D eigenvalue weighted by molar-refractivity contribution is 5.31. The summed E-state index contributed by atoms with van der Waals surface area (Å²) >= 11 is 0. The minimum Gasteiger partial charge on any atom is -0.497 e. The van der Waals surface area contributed by atoms with Crippen LogP contribution in [0.3, 0.4) is 0 Å². The highest BCUT2D eigenvalue weighted by Crippen LogP contribution is 2.18. The molecule has 0 saturated carbocycles. The van der Waals surface area contributed by atoms with Crippen LogP contribution >= 0.6 is 0 Å². The lowest BCUT2D eigenvalue weighted by Crippen LogP contribution is -2.04.